The van der Waals surface area contributed by atoms with Gasteiger partial charge in [0.1, 0.15) is 6.10 Å². The molecule has 0 aliphatic heterocycles. The molecule has 1 rings (SSSR count). The van der Waals surface area contributed by atoms with Crippen molar-refractivity contribution in [3.05, 3.63) is 33.7 Å². The second kappa shape index (κ2) is 4.78. The maximum absolute atomic E-state index is 12.4. The molecule has 18 heavy (non-hydrogen) atoms. The van der Waals surface area contributed by atoms with Crippen LogP contribution in [0.1, 0.15) is 17.2 Å². The van der Waals surface area contributed by atoms with Crippen molar-refractivity contribution in [2.45, 2.75) is 18.4 Å². The van der Waals surface area contributed by atoms with Gasteiger partial charge < -0.3 is 20.9 Å². The molecule has 1 amide bonds. The number of carbonyl (C=O) groups excluding carboxylic acids is 1. The molecule has 0 saturated heterocycles. The number of rotatable bonds is 3. The maximum Gasteiger partial charge on any atom is 0.417 e. The summed E-state index contributed by atoms with van der Waals surface area (Å²) in [5, 5.41) is 18.5. The Morgan fingerprint density at radius 1 is 1.39 bits per heavy atom. The number of aliphatic hydroxyl groups is 2. The SMILES string of the molecule is NC(=O)C(O)C(O)c1cc(C(F)(F)F)c[nH]c1=O. The number of pyridine rings is 1. The summed E-state index contributed by atoms with van der Waals surface area (Å²) in [6, 6.07) is 0.343. The van der Waals surface area contributed by atoms with E-state index in [1.165, 1.54) is 0 Å². The van der Waals surface area contributed by atoms with Gasteiger partial charge in [-0.25, -0.2) is 0 Å². The van der Waals surface area contributed by atoms with Crippen molar-refractivity contribution in [1.82, 2.24) is 4.98 Å². The van der Waals surface area contributed by atoms with Crippen LogP contribution in [0.5, 0.6) is 0 Å². The van der Waals surface area contributed by atoms with Crippen LogP contribution in [0.3, 0.4) is 0 Å². The van der Waals surface area contributed by atoms with E-state index in [1.807, 2.05) is 0 Å². The molecule has 6 nitrogen and oxygen atoms in total. The number of H-pyrrole nitrogens is 1. The maximum atomic E-state index is 12.4. The number of halogens is 3. The van der Waals surface area contributed by atoms with Gasteiger partial charge in [-0.05, 0) is 6.07 Å². The summed E-state index contributed by atoms with van der Waals surface area (Å²) in [6.07, 6.45) is -8.63. The summed E-state index contributed by atoms with van der Waals surface area (Å²) < 4.78 is 37.1. The molecule has 1 heterocycles. The zero-order chi connectivity index (χ0) is 14.1. The number of nitrogens with two attached hydrogens (primary N) is 1. The van der Waals surface area contributed by atoms with Gasteiger partial charge in [0, 0.05) is 11.8 Å². The number of primary amides is 1. The molecule has 2 unspecified atom stereocenters. The zero-order valence-corrected chi connectivity index (χ0v) is 8.73. The minimum atomic E-state index is -4.74. The van der Waals surface area contributed by atoms with Crippen molar-refractivity contribution in [3.63, 3.8) is 0 Å². The third-order valence-electron chi connectivity index (χ3n) is 2.17. The van der Waals surface area contributed by atoms with Gasteiger partial charge in [-0.3, -0.25) is 9.59 Å². The summed E-state index contributed by atoms with van der Waals surface area (Å²) in [5.74, 6) is -1.36. The number of aromatic nitrogens is 1. The monoisotopic (exact) mass is 266 g/mol. The fourth-order valence-electron chi connectivity index (χ4n) is 1.21. The van der Waals surface area contributed by atoms with Gasteiger partial charge in [-0.2, -0.15) is 13.2 Å². The van der Waals surface area contributed by atoms with Crippen molar-refractivity contribution in [1.29, 1.82) is 0 Å². The van der Waals surface area contributed by atoms with E-state index in [9.17, 15) is 27.9 Å². The fourth-order valence-corrected chi connectivity index (χ4v) is 1.21. The summed E-state index contributed by atoms with van der Waals surface area (Å²) >= 11 is 0. The number of alkyl halides is 3. The highest BCUT2D eigenvalue weighted by Gasteiger charge is 2.33. The van der Waals surface area contributed by atoms with Crippen molar-refractivity contribution in [2.75, 3.05) is 0 Å². The molecule has 0 aromatic carbocycles. The molecule has 0 saturated carbocycles. The number of amides is 1. The van der Waals surface area contributed by atoms with E-state index < -0.39 is 41.0 Å². The number of nitrogens with one attached hydrogen (secondary N) is 1. The molecule has 0 spiro atoms. The molecular formula is C9H9F3N2O4. The molecule has 1 aromatic rings. The molecule has 9 heteroatoms. The summed E-state index contributed by atoms with van der Waals surface area (Å²) in [4.78, 5) is 23.6. The quantitative estimate of drug-likeness (QED) is 0.577. The predicted octanol–water partition coefficient (Wildman–Crippen LogP) is -0.727. The first-order valence-electron chi connectivity index (χ1n) is 4.60. The molecule has 2 atom stereocenters. The minimum absolute atomic E-state index is 0.343. The first kappa shape index (κ1) is 14.2. The van der Waals surface area contributed by atoms with E-state index in [4.69, 9.17) is 5.11 Å². The lowest BCUT2D eigenvalue weighted by molar-refractivity contribution is -0.138. The van der Waals surface area contributed by atoms with Crippen LogP contribution in [0.15, 0.2) is 17.1 Å². The van der Waals surface area contributed by atoms with Crippen molar-refractivity contribution < 1.29 is 28.2 Å². The molecule has 0 aliphatic carbocycles. The molecule has 0 radical (unpaired) electrons. The first-order chi connectivity index (χ1) is 8.14. The number of carbonyl (C=O) groups is 1. The Bertz CT molecular complexity index is 511. The van der Waals surface area contributed by atoms with Crippen molar-refractivity contribution in [3.8, 4) is 0 Å². The third kappa shape index (κ3) is 2.87. The third-order valence-corrected chi connectivity index (χ3v) is 2.17. The minimum Gasteiger partial charge on any atom is -0.385 e. The van der Waals surface area contributed by atoms with Gasteiger partial charge in [0.15, 0.2) is 6.10 Å². The number of hydrogen-bond acceptors (Lipinski definition) is 4. The van der Waals surface area contributed by atoms with E-state index in [-0.39, 0.29) is 0 Å². The van der Waals surface area contributed by atoms with Crippen LogP contribution in [-0.2, 0) is 11.0 Å². The Balaban J connectivity index is 3.24. The van der Waals surface area contributed by atoms with Crippen LogP contribution in [0.25, 0.3) is 0 Å². The molecule has 5 N–H and O–H groups in total. The smallest absolute Gasteiger partial charge is 0.385 e. The van der Waals surface area contributed by atoms with Crippen LogP contribution in [-0.4, -0.2) is 27.2 Å². The molecule has 100 valence electrons. The normalized spacial score (nSPS) is 15.2. The second-order valence-electron chi connectivity index (χ2n) is 3.46. The lowest BCUT2D eigenvalue weighted by Gasteiger charge is -2.15. The van der Waals surface area contributed by atoms with Gasteiger partial charge in [-0.15, -0.1) is 0 Å². The van der Waals surface area contributed by atoms with E-state index >= 15 is 0 Å². The number of hydrogen-bond donors (Lipinski definition) is 4. The van der Waals surface area contributed by atoms with Gasteiger partial charge in [0.25, 0.3) is 5.56 Å². The average molecular weight is 266 g/mol. The molecule has 0 fully saturated rings. The Hall–Kier alpha value is -1.87. The Labute approximate surface area is 97.9 Å². The lowest BCUT2D eigenvalue weighted by atomic mass is 10.0. The van der Waals surface area contributed by atoms with Gasteiger partial charge in [0.2, 0.25) is 5.91 Å². The van der Waals surface area contributed by atoms with Crippen LogP contribution in [0.4, 0.5) is 13.2 Å². The summed E-state index contributed by atoms with van der Waals surface area (Å²) in [5.41, 5.74) is 1.58. The van der Waals surface area contributed by atoms with Gasteiger partial charge in [-0.1, -0.05) is 0 Å². The standard InChI is InChI=1S/C9H9F3N2O4/c10-9(11,12)3-1-4(8(18)14-2-3)5(15)6(16)7(13)17/h1-2,5-6,15-16H,(H2,13,17)(H,14,18). The number of aliphatic hydroxyl groups excluding tert-OH is 2. The largest absolute Gasteiger partial charge is 0.417 e. The van der Waals surface area contributed by atoms with E-state index in [0.29, 0.717) is 12.3 Å². The highest BCUT2D eigenvalue weighted by molar-refractivity contribution is 5.79. The molecule has 0 bridgehead atoms. The van der Waals surface area contributed by atoms with Crippen molar-refractivity contribution >= 4 is 5.91 Å². The van der Waals surface area contributed by atoms with Crippen LogP contribution in [0.2, 0.25) is 0 Å². The zero-order valence-electron chi connectivity index (χ0n) is 8.73. The van der Waals surface area contributed by atoms with E-state index in [2.05, 4.69) is 5.73 Å². The van der Waals surface area contributed by atoms with E-state index in [0.717, 1.165) is 0 Å². The Morgan fingerprint density at radius 2 is 1.94 bits per heavy atom. The van der Waals surface area contributed by atoms with Gasteiger partial charge in [0.05, 0.1) is 5.56 Å². The Morgan fingerprint density at radius 3 is 2.39 bits per heavy atom. The Kier molecular flexibility index (Phi) is 3.77. The van der Waals surface area contributed by atoms with Crippen molar-refractivity contribution in [2.24, 2.45) is 5.73 Å². The number of aromatic amines is 1. The summed E-state index contributed by atoms with van der Waals surface area (Å²) in [7, 11) is 0. The molecule has 0 aliphatic rings. The molecular weight excluding hydrogens is 257 g/mol. The second-order valence-corrected chi connectivity index (χ2v) is 3.46. The van der Waals surface area contributed by atoms with Crippen LogP contribution < -0.4 is 11.3 Å². The highest BCUT2D eigenvalue weighted by Crippen LogP contribution is 2.29. The topological polar surface area (TPSA) is 116 Å². The van der Waals surface area contributed by atoms with Crippen LogP contribution in [0, 0.1) is 0 Å². The average Bonchev–Trinajstić information content (AvgIpc) is 2.26. The fraction of sp³-hybridized carbons (Fsp3) is 0.333. The van der Waals surface area contributed by atoms with Gasteiger partial charge >= 0.3 is 6.18 Å². The predicted molar refractivity (Wildman–Crippen MR) is 52.2 cm³/mol. The summed E-state index contributed by atoms with van der Waals surface area (Å²) in [6.45, 7) is 0. The lowest BCUT2D eigenvalue weighted by Crippen LogP contribution is -2.36. The van der Waals surface area contributed by atoms with Crippen LogP contribution >= 0.6 is 0 Å². The highest BCUT2D eigenvalue weighted by atomic mass is 19.4. The van der Waals surface area contributed by atoms with E-state index in [1.54, 1.807) is 4.98 Å². The molecule has 1 aromatic heterocycles. The first-order valence-corrected chi connectivity index (χ1v) is 4.60.